The molecule has 4 aliphatic rings. The molecule has 4 aliphatic carbocycles. The van der Waals surface area contributed by atoms with E-state index in [1.165, 1.54) is 7.11 Å². The van der Waals surface area contributed by atoms with Gasteiger partial charge in [-0.25, -0.2) is 4.79 Å². The van der Waals surface area contributed by atoms with E-state index in [0.717, 1.165) is 24.8 Å². The molecule has 0 heterocycles. The second-order valence-electron chi connectivity index (χ2n) is 11.2. The number of methoxy groups -OCH3 is 1. The van der Waals surface area contributed by atoms with E-state index >= 15 is 0 Å². The summed E-state index contributed by atoms with van der Waals surface area (Å²) in [6.45, 7) is 11.7. The highest BCUT2D eigenvalue weighted by Gasteiger charge is 2.78. The summed E-state index contributed by atoms with van der Waals surface area (Å²) in [4.78, 5) is 25.7. The molecule has 0 aromatic heterocycles. The number of rotatable bonds is 3. The average Bonchev–Trinajstić information content (AvgIpc) is 3.00. The van der Waals surface area contributed by atoms with Gasteiger partial charge >= 0.3 is 11.9 Å². The Labute approximate surface area is 191 Å². The first-order chi connectivity index (χ1) is 14.9. The van der Waals surface area contributed by atoms with Gasteiger partial charge in [-0.05, 0) is 76.7 Å². The van der Waals surface area contributed by atoms with E-state index in [9.17, 15) is 19.8 Å². The first kappa shape index (κ1) is 23.5. The highest BCUT2D eigenvalue weighted by molar-refractivity contribution is 5.88. The van der Waals surface area contributed by atoms with Crippen LogP contribution in [-0.4, -0.2) is 47.1 Å². The summed E-state index contributed by atoms with van der Waals surface area (Å²) in [6, 6.07) is 0. The number of hydrogen-bond donors (Lipinski definition) is 2. The maximum absolute atomic E-state index is 12.9. The lowest BCUT2D eigenvalue weighted by atomic mass is 9.37. The Morgan fingerprint density at radius 3 is 2.53 bits per heavy atom. The summed E-state index contributed by atoms with van der Waals surface area (Å²) < 4.78 is 11.2. The van der Waals surface area contributed by atoms with Gasteiger partial charge in [0, 0.05) is 11.0 Å². The van der Waals surface area contributed by atoms with Crippen LogP contribution in [-0.2, 0) is 19.1 Å². The fraction of sp³-hybridized carbons (Fsp3) is 0.769. The summed E-state index contributed by atoms with van der Waals surface area (Å²) >= 11 is 0. The molecule has 2 bridgehead atoms. The van der Waals surface area contributed by atoms with Crippen molar-refractivity contribution in [3.05, 3.63) is 23.8 Å². The van der Waals surface area contributed by atoms with E-state index < -0.39 is 40.0 Å². The molecule has 4 fully saturated rings. The van der Waals surface area contributed by atoms with Gasteiger partial charge in [0.1, 0.15) is 6.10 Å². The fourth-order valence-electron chi connectivity index (χ4n) is 8.18. The van der Waals surface area contributed by atoms with E-state index in [1.54, 1.807) is 19.9 Å². The second-order valence-corrected chi connectivity index (χ2v) is 11.2. The summed E-state index contributed by atoms with van der Waals surface area (Å²) in [6.07, 6.45) is 4.39. The van der Waals surface area contributed by atoms with Crippen molar-refractivity contribution in [2.24, 2.45) is 28.1 Å². The van der Waals surface area contributed by atoms with Gasteiger partial charge in [0.15, 0.2) is 0 Å². The second kappa shape index (κ2) is 7.42. The molecule has 0 aliphatic heterocycles. The number of carbonyl (C=O) groups excluding carboxylic acids is 2. The molecule has 4 saturated carbocycles. The SMILES string of the molecule is C=C1[C@@H]2CC[C@]3(O)[C@](C2)([C@@H](O)C[C@@H]2[C@](C)(C(=O)OC)CCC[C@]23C)[C@H]1OC(=O)/C(C)=C\C. The quantitative estimate of drug-likeness (QED) is 0.390. The standard InChI is InChI=1S/C26H38O6/c1-7-15(2)21(28)32-20-16(3)17-9-12-26(30)24(5)11-8-10-23(4,22(29)31-6)18(24)13-19(27)25(20,26)14-17/h7,17-20,27,30H,3,8-14H2,1-2,4-6H3/b15-7-/t17-,18-,19+,20+,23-,24-,25-,26-/m1/s1. The van der Waals surface area contributed by atoms with Gasteiger partial charge in [0.05, 0.1) is 29.6 Å². The van der Waals surface area contributed by atoms with E-state index in [0.29, 0.717) is 31.3 Å². The van der Waals surface area contributed by atoms with Crippen molar-refractivity contribution in [2.75, 3.05) is 7.11 Å². The lowest BCUT2D eigenvalue weighted by Gasteiger charge is -2.69. The van der Waals surface area contributed by atoms with Gasteiger partial charge in [0.2, 0.25) is 0 Å². The van der Waals surface area contributed by atoms with E-state index in [4.69, 9.17) is 9.47 Å². The van der Waals surface area contributed by atoms with Crippen molar-refractivity contribution < 1.29 is 29.3 Å². The van der Waals surface area contributed by atoms with Crippen LogP contribution in [0.1, 0.15) is 72.6 Å². The third-order valence-corrected chi connectivity index (χ3v) is 10.1. The molecule has 4 rings (SSSR count). The van der Waals surface area contributed by atoms with Crippen molar-refractivity contribution in [3.63, 3.8) is 0 Å². The van der Waals surface area contributed by atoms with Crippen molar-refractivity contribution >= 4 is 11.9 Å². The van der Waals surface area contributed by atoms with Crippen LogP contribution in [0, 0.1) is 28.1 Å². The molecule has 32 heavy (non-hydrogen) atoms. The van der Waals surface area contributed by atoms with Crippen LogP contribution in [0.3, 0.4) is 0 Å². The molecule has 0 amide bonds. The summed E-state index contributed by atoms with van der Waals surface area (Å²) in [5.41, 5.74) is -2.42. The third kappa shape index (κ3) is 2.65. The largest absolute Gasteiger partial charge is 0.469 e. The first-order valence-electron chi connectivity index (χ1n) is 11.9. The minimum Gasteiger partial charge on any atom is -0.469 e. The smallest absolute Gasteiger partial charge is 0.333 e. The Kier molecular flexibility index (Phi) is 5.45. The predicted octanol–water partition coefficient (Wildman–Crippen LogP) is 3.70. The maximum Gasteiger partial charge on any atom is 0.333 e. The number of ether oxygens (including phenoxy) is 2. The van der Waals surface area contributed by atoms with Crippen molar-refractivity contribution in [1.29, 1.82) is 0 Å². The fourth-order valence-corrected chi connectivity index (χ4v) is 8.18. The minimum atomic E-state index is -1.29. The van der Waals surface area contributed by atoms with E-state index in [-0.39, 0.29) is 17.8 Å². The number of aliphatic hydroxyl groups excluding tert-OH is 1. The Morgan fingerprint density at radius 2 is 1.91 bits per heavy atom. The number of aliphatic hydroxyl groups is 2. The Bertz CT molecular complexity index is 878. The first-order valence-corrected chi connectivity index (χ1v) is 11.9. The van der Waals surface area contributed by atoms with E-state index in [1.807, 2.05) is 6.92 Å². The molecule has 0 radical (unpaired) electrons. The lowest BCUT2D eigenvalue weighted by molar-refractivity contribution is -0.309. The minimum absolute atomic E-state index is 0.101. The number of hydrogen-bond acceptors (Lipinski definition) is 6. The molecule has 0 aromatic carbocycles. The van der Waals surface area contributed by atoms with Crippen LogP contribution >= 0.6 is 0 Å². The van der Waals surface area contributed by atoms with Crippen molar-refractivity contribution in [2.45, 2.75) is 90.4 Å². The Hall–Kier alpha value is -1.66. The van der Waals surface area contributed by atoms with Gasteiger partial charge in [0.25, 0.3) is 0 Å². The molecule has 0 unspecified atom stereocenters. The summed E-state index contributed by atoms with van der Waals surface area (Å²) in [7, 11) is 1.40. The van der Waals surface area contributed by atoms with Crippen molar-refractivity contribution in [3.8, 4) is 0 Å². The molecule has 0 saturated heterocycles. The molecular formula is C26H38O6. The summed E-state index contributed by atoms with van der Waals surface area (Å²) in [5.74, 6) is -0.855. The third-order valence-electron chi connectivity index (χ3n) is 10.1. The number of carbonyl (C=O) groups is 2. The molecule has 6 nitrogen and oxygen atoms in total. The molecule has 0 aromatic rings. The van der Waals surface area contributed by atoms with Crippen molar-refractivity contribution in [1.82, 2.24) is 0 Å². The topological polar surface area (TPSA) is 93.1 Å². The van der Waals surface area contributed by atoms with Crippen LogP contribution in [0.5, 0.6) is 0 Å². The predicted molar refractivity (Wildman–Crippen MR) is 119 cm³/mol. The van der Waals surface area contributed by atoms with Crippen LogP contribution in [0.25, 0.3) is 0 Å². The Morgan fingerprint density at radius 1 is 1.22 bits per heavy atom. The zero-order valence-corrected chi connectivity index (χ0v) is 20.1. The number of esters is 2. The van der Waals surface area contributed by atoms with E-state index in [2.05, 4.69) is 13.5 Å². The van der Waals surface area contributed by atoms with Crippen LogP contribution in [0.2, 0.25) is 0 Å². The Balaban J connectivity index is 1.84. The molecule has 8 atom stereocenters. The highest BCUT2D eigenvalue weighted by atomic mass is 16.5. The molecule has 2 N–H and O–H groups in total. The lowest BCUT2D eigenvalue weighted by Crippen LogP contribution is -2.75. The molecular weight excluding hydrogens is 408 g/mol. The molecule has 6 heteroatoms. The average molecular weight is 447 g/mol. The van der Waals surface area contributed by atoms with Gasteiger partial charge in [-0.2, -0.15) is 0 Å². The summed E-state index contributed by atoms with van der Waals surface area (Å²) in [5, 5.41) is 24.3. The maximum atomic E-state index is 12.9. The van der Waals surface area contributed by atoms with Crippen LogP contribution < -0.4 is 0 Å². The number of fused-ring (bicyclic) bond motifs is 3. The monoisotopic (exact) mass is 446 g/mol. The molecule has 1 spiro atoms. The van der Waals surface area contributed by atoms with Gasteiger partial charge < -0.3 is 19.7 Å². The van der Waals surface area contributed by atoms with Crippen LogP contribution in [0.15, 0.2) is 23.8 Å². The molecule has 178 valence electrons. The van der Waals surface area contributed by atoms with Gasteiger partial charge in [-0.3, -0.25) is 4.79 Å². The van der Waals surface area contributed by atoms with Gasteiger partial charge in [-0.1, -0.05) is 26.0 Å². The highest BCUT2D eigenvalue weighted by Crippen LogP contribution is 2.74. The zero-order valence-electron chi connectivity index (χ0n) is 20.1. The van der Waals surface area contributed by atoms with Gasteiger partial charge in [-0.15, -0.1) is 0 Å². The zero-order chi connectivity index (χ0) is 23.7. The normalized spacial score (nSPS) is 48.0. The van der Waals surface area contributed by atoms with Crippen LogP contribution in [0.4, 0.5) is 0 Å². The number of allylic oxidation sites excluding steroid dienone is 1.